The van der Waals surface area contributed by atoms with Crippen LogP contribution in [0.5, 0.6) is 0 Å². The van der Waals surface area contributed by atoms with Crippen molar-refractivity contribution >= 4 is 29.4 Å². The third kappa shape index (κ3) is 4.61. The SMILES string of the molecule is CC(=O)NNC(=O)C12CC(C[C@@H](C)C1)N2C(=O)Nc1cc(-c2nc(C(N)=O)n(C)n2)c(C(F)(F)F)cc1F. The molecule has 1 aromatic carbocycles. The molecule has 2 heterocycles. The van der Waals surface area contributed by atoms with Gasteiger partial charge in [-0.05, 0) is 30.9 Å². The number of carbonyl (C=O) groups excluding carboxylic acids is 4. The number of anilines is 1. The Hall–Kier alpha value is -4.24. The number of primary amides is 1. The number of likely N-dealkylation sites (tertiary alicyclic amines) is 1. The van der Waals surface area contributed by atoms with Crippen molar-refractivity contribution in [1.82, 2.24) is 30.5 Å². The molecule has 5 N–H and O–H groups in total. The highest BCUT2D eigenvalue weighted by Crippen LogP contribution is 2.50. The normalized spacial score (nSPS) is 22.3. The number of amides is 5. The lowest BCUT2D eigenvalue weighted by Crippen LogP contribution is -2.78. The van der Waals surface area contributed by atoms with Crippen LogP contribution >= 0.6 is 0 Å². The number of aryl methyl sites for hydroxylation is 1. The van der Waals surface area contributed by atoms with Crippen LogP contribution in [0.1, 0.15) is 49.3 Å². The molecule has 12 nitrogen and oxygen atoms in total. The zero-order valence-corrected chi connectivity index (χ0v) is 20.4. The quantitative estimate of drug-likeness (QED) is 0.340. The lowest BCUT2D eigenvalue weighted by atomic mass is 9.64. The number of rotatable bonds is 4. The summed E-state index contributed by atoms with van der Waals surface area (Å²) in [5.41, 5.74) is 5.52. The Morgan fingerprint density at radius 3 is 2.42 bits per heavy atom. The summed E-state index contributed by atoms with van der Waals surface area (Å²) in [6.45, 7) is 3.08. The number of halogens is 4. The van der Waals surface area contributed by atoms with E-state index in [-0.39, 0.29) is 24.4 Å². The van der Waals surface area contributed by atoms with E-state index in [1.165, 1.54) is 18.9 Å². The number of hydrogen-bond donors (Lipinski definition) is 4. The molecule has 5 amide bonds. The maximum Gasteiger partial charge on any atom is 0.417 e. The van der Waals surface area contributed by atoms with Gasteiger partial charge in [-0.3, -0.25) is 25.2 Å². The highest BCUT2D eigenvalue weighted by molar-refractivity contribution is 5.99. The smallest absolute Gasteiger partial charge is 0.363 e. The second-order valence-corrected chi connectivity index (χ2v) is 9.49. The molecule has 0 radical (unpaired) electrons. The molecule has 204 valence electrons. The molecule has 1 aliphatic carbocycles. The van der Waals surface area contributed by atoms with Gasteiger partial charge in [0.2, 0.25) is 11.7 Å². The van der Waals surface area contributed by atoms with Crippen molar-refractivity contribution in [3.8, 4) is 11.4 Å². The molecule has 1 saturated heterocycles. The Kier molecular flexibility index (Phi) is 6.53. The Bertz CT molecular complexity index is 1340. The zero-order chi connectivity index (χ0) is 28.2. The fourth-order valence-electron chi connectivity index (χ4n) is 5.20. The van der Waals surface area contributed by atoms with Gasteiger partial charge in [-0.15, -0.1) is 0 Å². The maximum atomic E-state index is 14.9. The summed E-state index contributed by atoms with van der Waals surface area (Å²) in [4.78, 5) is 53.9. The predicted octanol–water partition coefficient (Wildman–Crippen LogP) is 1.68. The molecule has 2 unspecified atom stereocenters. The van der Waals surface area contributed by atoms with E-state index in [0.717, 1.165) is 4.68 Å². The van der Waals surface area contributed by atoms with Gasteiger partial charge in [0.05, 0.1) is 11.3 Å². The van der Waals surface area contributed by atoms with E-state index in [0.29, 0.717) is 18.9 Å². The fourth-order valence-corrected chi connectivity index (χ4v) is 5.20. The lowest BCUT2D eigenvalue weighted by Gasteiger charge is -2.61. The predicted molar refractivity (Wildman–Crippen MR) is 122 cm³/mol. The van der Waals surface area contributed by atoms with Crippen molar-refractivity contribution in [3.05, 3.63) is 29.3 Å². The molecule has 0 spiro atoms. The number of fused-ring (bicyclic) bond motifs is 2. The van der Waals surface area contributed by atoms with Crippen LogP contribution in [0.3, 0.4) is 0 Å². The molecule has 1 aromatic heterocycles. The van der Waals surface area contributed by atoms with E-state index in [9.17, 15) is 36.7 Å². The summed E-state index contributed by atoms with van der Waals surface area (Å²) in [7, 11) is 1.24. The Labute approximate surface area is 212 Å². The van der Waals surface area contributed by atoms with Crippen LogP contribution in [0, 0.1) is 11.7 Å². The monoisotopic (exact) mass is 540 g/mol. The average Bonchev–Trinajstić information content (AvgIpc) is 3.18. The zero-order valence-electron chi connectivity index (χ0n) is 20.4. The van der Waals surface area contributed by atoms with Gasteiger partial charge in [0.25, 0.3) is 11.8 Å². The van der Waals surface area contributed by atoms with E-state index in [4.69, 9.17) is 5.73 Å². The molecular formula is C22H24F4N8O4. The number of piperidine rings is 1. The first-order valence-electron chi connectivity index (χ1n) is 11.4. The van der Waals surface area contributed by atoms with E-state index in [1.807, 2.05) is 6.92 Å². The number of hydrazine groups is 1. The summed E-state index contributed by atoms with van der Waals surface area (Å²) < 4.78 is 57.0. The third-order valence-corrected chi connectivity index (χ3v) is 6.63. The van der Waals surface area contributed by atoms with Gasteiger partial charge in [0.15, 0.2) is 5.82 Å². The summed E-state index contributed by atoms with van der Waals surface area (Å²) >= 11 is 0. The molecule has 2 aliphatic rings. The van der Waals surface area contributed by atoms with E-state index < -0.39 is 69.7 Å². The third-order valence-electron chi connectivity index (χ3n) is 6.63. The first-order chi connectivity index (χ1) is 17.6. The minimum absolute atomic E-state index is 0.0602. The van der Waals surface area contributed by atoms with Crippen LogP contribution in [0.25, 0.3) is 11.4 Å². The number of aromatic nitrogens is 3. The molecule has 2 fully saturated rings. The number of carbonyl (C=O) groups is 4. The minimum Gasteiger partial charge on any atom is -0.363 e. The lowest BCUT2D eigenvalue weighted by molar-refractivity contribution is -0.157. The van der Waals surface area contributed by atoms with Gasteiger partial charge in [-0.1, -0.05) is 6.92 Å². The largest absolute Gasteiger partial charge is 0.417 e. The van der Waals surface area contributed by atoms with Crippen molar-refractivity contribution < 1.29 is 36.7 Å². The van der Waals surface area contributed by atoms with Crippen LogP contribution in [-0.2, 0) is 22.8 Å². The second-order valence-electron chi connectivity index (χ2n) is 9.49. The summed E-state index contributed by atoms with van der Waals surface area (Å²) in [6, 6.07) is -0.404. The Balaban J connectivity index is 1.69. The highest BCUT2D eigenvalue weighted by atomic mass is 19.4. The van der Waals surface area contributed by atoms with Gasteiger partial charge < -0.3 is 16.0 Å². The molecule has 3 atom stereocenters. The van der Waals surface area contributed by atoms with Gasteiger partial charge in [0, 0.05) is 32.0 Å². The molecular weight excluding hydrogens is 516 g/mol. The first kappa shape index (κ1) is 26.8. The summed E-state index contributed by atoms with van der Waals surface area (Å²) in [5, 5.41) is 6.04. The number of hydrogen-bond acceptors (Lipinski definition) is 6. The topological polar surface area (TPSA) is 164 Å². The van der Waals surface area contributed by atoms with Crippen molar-refractivity contribution in [2.45, 2.75) is 50.9 Å². The summed E-state index contributed by atoms with van der Waals surface area (Å²) in [6.07, 6.45) is -3.92. The fraction of sp³-hybridized carbons (Fsp3) is 0.455. The number of benzene rings is 1. The number of nitrogens with two attached hydrogens (primary N) is 1. The van der Waals surface area contributed by atoms with Gasteiger partial charge >= 0.3 is 12.2 Å². The van der Waals surface area contributed by atoms with Crippen molar-refractivity contribution in [2.24, 2.45) is 18.7 Å². The van der Waals surface area contributed by atoms with Crippen LogP contribution < -0.4 is 21.9 Å². The van der Waals surface area contributed by atoms with Gasteiger partial charge in [-0.2, -0.15) is 18.3 Å². The van der Waals surface area contributed by atoms with E-state index in [1.54, 1.807) is 0 Å². The maximum absolute atomic E-state index is 14.9. The minimum atomic E-state index is -5.03. The Morgan fingerprint density at radius 1 is 1.16 bits per heavy atom. The number of urea groups is 1. The molecule has 1 saturated carbocycles. The first-order valence-corrected chi connectivity index (χ1v) is 11.4. The van der Waals surface area contributed by atoms with Crippen LogP contribution in [0.4, 0.5) is 28.0 Å². The second kappa shape index (κ2) is 9.25. The molecule has 4 rings (SSSR count). The van der Waals surface area contributed by atoms with Gasteiger partial charge in [0.1, 0.15) is 11.4 Å². The van der Waals surface area contributed by atoms with E-state index >= 15 is 0 Å². The Morgan fingerprint density at radius 2 is 1.84 bits per heavy atom. The van der Waals surface area contributed by atoms with Gasteiger partial charge in [-0.25, -0.2) is 18.9 Å². The van der Waals surface area contributed by atoms with E-state index in [2.05, 4.69) is 26.3 Å². The molecule has 16 heteroatoms. The number of nitrogens with one attached hydrogen (secondary N) is 3. The average molecular weight is 540 g/mol. The van der Waals surface area contributed by atoms with Crippen LogP contribution in [0.15, 0.2) is 12.1 Å². The number of alkyl halides is 3. The van der Waals surface area contributed by atoms with Crippen LogP contribution in [0.2, 0.25) is 0 Å². The van der Waals surface area contributed by atoms with Crippen LogP contribution in [-0.4, -0.2) is 55.0 Å². The molecule has 2 aromatic rings. The molecule has 2 bridgehead atoms. The summed E-state index contributed by atoms with van der Waals surface area (Å²) in [5.74, 6) is -4.55. The number of nitrogens with zero attached hydrogens (tertiary/aromatic N) is 4. The van der Waals surface area contributed by atoms with Crippen molar-refractivity contribution in [3.63, 3.8) is 0 Å². The molecule has 1 aliphatic heterocycles. The highest BCUT2D eigenvalue weighted by Gasteiger charge is 2.62. The van der Waals surface area contributed by atoms with Crippen molar-refractivity contribution in [1.29, 1.82) is 0 Å². The molecule has 38 heavy (non-hydrogen) atoms. The van der Waals surface area contributed by atoms with Crippen molar-refractivity contribution in [2.75, 3.05) is 5.32 Å². The standard InChI is InChI=1S/C22H24F4N8O4/c1-9-4-11-8-21(7-9,19(37)31-30-10(2)35)34(11)20(38)28-15-5-12(13(6-14(15)23)22(24,25)26)17-29-18(16(27)36)33(3)32-17/h5-6,9,11H,4,7-8H2,1-3H3,(H2,27,36)(H,28,38)(H,30,35)(H,31,37)/t9-,11?,21?/m1/s1.